The minimum absolute atomic E-state index is 0.224. The van der Waals surface area contributed by atoms with Gasteiger partial charge in [-0.3, -0.25) is 10.1 Å². The van der Waals surface area contributed by atoms with Crippen LogP contribution in [0.1, 0.15) is 6.92 Å². The van der Waals surface area contributed by atoms with Gasteiger partial charge in [0.2, 0.25) is 0 Å². The molecule has 0 radical (unpaired) electrons. The molecule has 8 heteroatoms. The van der Waals surface area contributed by atoms with Gasteiger partial charge in [0, 0.05) is 0 Å². The van der Waals surface area contributed by atoms with Crippen molar-refractivity contribution in [3.8, 4) is 17.2 Å². The van der Waals surface area contributed by atoms with Crippen molar-refractivity contribution in [3.05, 3.63) is 54.6 Å². The van der Waals surface area contributed by atoms with Crippen LogP contribution >= 0.6 is 0 Å². The van der Waals surface area contributed by atoms with Crippen LogP contribution < -0.4 is 14.8 Å². The van der Waals surface area contributed by atoms with E-state index in [2.05, 4.69) is 20.8 Å². The highest BCUT2D eigenvalue weighted by Gasteiger charge is 2.18. The summed E-state index contributed by atoms with van der Waals surface area (Å²) in [6, 6.07) is 16.3. The molecular weight excluding hydrogens is 322 g/mol. The number of tetrazole rings is 1. The Morgan fingerprint density at radius 3 is 2.44 bits per heavy atom. The van der Waals surface area contributed by atoms with Crippen molar-refractivity contribution in [3.63, 3.8) is 0 Å². The third-order valence-electron chi connectivity index (χ3n) is 3.45. The summed E-state index contributed by atoms with van der Waals surface area (Å²) in [5, 5.41) is 14.0. The molecule has 0 saturated carbocycles. The number of para-hydroxylation sites is 1. The molecule has 0 fully saturated rings. The summed E-state index contributed by atoms with van der Waals surface area (Å²) in [6.45, 7) is 1.65. The topological polar surface area (TPSA) is 91.2 Å². The SMILES string of the molecule is COc1ccc(OC(C)C(=O)Nc2nnnn2-c2ccccc2)cc1. The number of hydrogen-bond acceptors (Lipinski definition) is 6. The number of benzene rings is 2. The number of carbonyl (C=O) groups excluding carboxylic acids is 1. The van der Waals surface area contributed by atoms with Gasteiger partial charge in [-0.25, -0.2) is 0 Å². The minimum atomic E-state index is -0.727. The van der Waals surface area contributed by atoms with Crippen LogP contribution in [0.15, 0.2) is 54.6 Å². The number of methoxy groups -OCH3 is 1. The molecule has 3 rings (SSSR count). The first kappa shape index (κ1) is 16.4. The van der Waals surface area contributed by atoms with Gasteiger partial charge in [0.15, 0.2) is 6.10 Å². The van der Waals surface area contributed by atoms with Gasteiger partial charge in [-0.1, -0.05) is 23.3 Å². The lowest BCUT2D eigenvalue weighted by Gasteiger charge is -2.14. The number of amides is 1. The Morgan fingerprint density at radius 2 is 1.76 bits per heavy atom. The zero-order chi connectivity index (χ0) is 17.6. The van der Waals surface area contributed by atoms with Gasteiger partial charge in [0.05, 0.1) is 12.8 Å². The summed E-state index contributed by atoms with van der Waals surface area (Å²) in [5.41, 5.74) is 0.742. The maximum atomic E-state index is 12.4. The molecular formula is C17H17N5O3. The van der Waals surface area contributed by atoms with Crippen LogP contribution in [0.2, 0.25) is 0 Å². The summed E-state index contributed by atoms with van der Waals surface area (Å²) >= 11 is 0. The van der Waals surface area contributed by atoms with Gasteiger partial charge in [0.1, 0.15) is 11.5 Å². The molecule has 2 aromatic carbocycles. The van der Waals surface area contributed by atoms with Gasteiger partial charge < -0.3 is 9.47 Å². The average Bonchev–Trinajstić information content (AvgIpc) is 3.11. The summed E-state index contributed by atoms with van der Waals surface area (Å²) in [5.74, 6) is 1.14. The fourth-order valence-electron chi connectivity index (χ4n) is 2.13. The number of carbonyl (C=O) groups is 1. The number of anilines is 1. The lowest BCUT2D eigenvalue weighted by atomic mass is 10.3. The van der Waals surface area contributed by atoms with Crippen LogP contribution in [0.3, 0.4) is 0 Å². The van der Waals surface area contributed by atoms with Crippen molar-refractivity contribution in [2.45, 2.75) is 13.0 Å². The van der Waals surface area contributed by atoms with Crippen LogP contribution in [0.4, 0.5) is 5.95 Å². The first-order valence-electron chi connectivity index (χ1n) is 7.63. The number of ether oxygens (including phenoxy) is 2. The summed E-state index contributed by atoms with van der Waals surface area (Å²) in [7, 11) is 1.59. The fourth-order valence-corrected chi connectivity index (χ4v) is 2.13. The monoisotopic (exact) mass is 339 g/mol. The Bertz CT molecular complexity index is 833. The van der Waals surface area contributed by atoms with Gasteiger partial charge in [-0.05, 0) is 53.7 Å². The van der Waals surface area contributed by atoms with Crippen LogP contribution in [0.5, 0.6) is 11.5 Å². The largest absolute Gasteiger partial charge is 0.497 e. The second-order valence-corrected chi connectivity index (χ2v) is 5.17. The summed E-state index contributed by atoms with van der Waals surface area (Å²) in [4.78, 5) is 12.4. The lowest BCUT2D eigenvalue weighted by molar-refractivity contribution is -0.122. The lowest BCUT2D eigenvalue weighted by Crippen LogP contribution is -2.31. The quantitative estimate of drug-likeness (QED) is 0.739. The van der Waals surface area contributed by atoms with E-state index in [4.69, 9.17) is 9.47 Å². The second-order valence-electron chi connectivity index (χ2n) is 5.17. The molecule has 1 atom stereocenters. The van der Waals surface area contributed by atoms with E-state index in [0.717, 1.165) is 5.69 Å². The molecule has 0 aliphatic heterocycles. The number of hydrogen-bond donors (Lipinski definition) is 1. The predicted octanol–water partition coefficient (Wildman–Crippen LogP) is 2.08. The van der Waals surface area contributed by atoms with Gasteiger partial charge in [-0.2, -0.15) is 4.68 Å². The molecule has 128 valence electrons. The third-order valence-corrected chi connectivity index (χ3v) is 3.45. The molecule has 25 heavy (non-hydrogen) atoms. The fraction of sp³-hybridized carbons (Fsp3) is 0.176. The second kappa shape index (κ2) is 7.43. The van der Waals surface area contributed by atoms with E-state index in [1.807, 2.05) is 30.3 Å². The van der Waals surface area contributed by atoms with E-state index in [1.54, 1.807) is 38.3 Å². The Balaban J connectivity index is 1.67. The average molecular weight is 339 g/mol. The molecule has 0 bridgehead atoms. The van der Waals surface area contributed by atoms with E-state index in [9.17, 15) is 4.79 Å². The van der Waals surface area contributed by atoms with Crippen molar-refractivity contribution in [1.29, 1.82) is 0 Å². The van der Waals surface area contributed by atoms with E-state index in [-0.39, 0.29) is 11.9 Å². The molecule has 1 unspecified atom stereocenters. The van der Waals surface area contributed by atoms with Crippen LogP contribution in [-0.4, -0.2) is 39.3 Å². The molecule has 8 nitrogen and oxygen atoms in total. The van der Waals surface area contributed by atoms with E-state index in [0.29, 0.717) is 11.5 Å². The molecule has 3 aromatic rings. The standard InChI is InChI=1S/C17H17N5O3/c1-12(25-15-10-8-14(24-2)9-11-15)16(23)18-17-19-20-21-22(17)13-6-4-3-5-7-13/h3-12H,1-2H3,(H,18,19,21,23). The third kappa shape index (κ3) is 3.92. The highest BCUT2D eigenvalue weighted by molar-refractivity contribution is 5.92. The van der Waals surface area contributed by atoms with Crippen molar-refractivity contribution < 1.29 is 14.3 Å². The first-order valence-corrected chi connectivity index (χ1v) is 7.63. The van der Waals surface area contributed by atoms with Crippen LogP contribution in [0, 0.1) is 0 Å². The Kier molecular flexibility index (Phi) is 4.89. The number of nitrogens with zero attached hydrogens (tertiary/aromatic N) is 4. The summed E-state index contributed by atoms with van der Waals surface area (Å²) < 4.78 is 12.2. The van der Waals surface area contributed by atoms with Crippen molar-refractivity contribution in [1.82, 2.24) is 20.2 Å². The molecule has 1 heterocycles. The number of aromatic nitrogens is 4. The van der Waals surface area contributed by atoms with Gasteiger partial charge in [-0.15, -0.1) is 0 Å². The smallest absolute Gasteiger partial charge is 0.267 e. The highest BCUT2D eigenvalue weighted by atomic mass is 16.5. The van der Waals surface area contributed by atoms with Crippen molar-refractivity contribution in [2.75, 3.05) is 12.4 Å². The molecule has 1 amide bonds. The normalized spacial score (nSPS) is 11.6. The number of rotatable bonds is 6. The highest BCUT2D eigenvalue weighted by Crippen LogP contribution is 2.18. The minimum Gasteiger partial charge on any atom is -0.497 e. The van der Waals surface area contributed by atoms with E-state index < -0.39 is 6.10 Å². The van der Waals surface area contributed by atoms with Crippen LogP contribution in [0.25, 0.3) is 5.69 Å². The zero-order valence-electron chi connectivity index (χ0n) is 13.8. The molecule has 1 N–H and O–H groups in total. The predicted molar refractivity (Wildman–Crippen MR) is 90.9 cm³/mol. The molecule has 1 aromatic heterocycles. The van der Waals surface area contributed by atoms with Crippen LogP contribution in [-0.2, 0) is 4.79 Å². The molecule has 0 spiro atoms. The van der Waals surface area contributed by atoms with Crippen molar-refractivity contribution in [2.24, 2.45) is 0 Å². The number of nitrogens with one attached hydrogen (secondary N) is 1. The van der Waals surface area contributed by atoms with Gasteiger partial charge in [0.25, 0.3) is 11.9 Å². The molecule has 0 saturated heterocycles. The van der Waals surface area contributed by atoms with E-state index in [1.165, 1.54) is 4.68 Å². The first-order chi connectivity index (χ1) is 12.2. The zero-order valence-corrected chi connectivity index (χ0v) is 13.8. The Labute approximate surface area is 144 Å². The Morgan fingerprint density at radius 1 is 1.08 bits per heavy atom. The van der Waals surface area contributed by atoms with Crippen molar-refractivity contribution >= 4 is 11.9 Å². The maximum absolute atomic E-state index is 12.4. The summed E-state index contributed by atoms with van der Waals surface area (Å²) in [6.07, 6.45) is -0.727. The Hall–Kier alpha value is -3.42. The molecule has 0 aliphatic rings. The van der Waals surface area contributed by atoms with Gasteiger partial charge >= 0.3 is 0 Å². The van der Waals surface area contributed by atoms with E-state index >= 15 is 0 Å². The molecule has 0 aliphatic carbocycles. The maximum Gasteiger partial charge on any atom is 0.267 e.